The zero-order valence-electron chi connectivity index (χ0n) is 14.4. The van der Waals surface area contributed by atoms with Gasteiger partial charge < -0.3 is 14.0 Å². The molecule has 3 aromatic rings. The highest BCUT2D eigenvalue weighted by Gasteiger charge is 2.14. The summed E-state index contributed by atoms with van der Waals surface area (Å²) in [7, 11) is 0. The van der Waals surface area contributed by atoms with Crippen molar-refractivity contribution in [2.75, 3.05) is 6.61 Å². The zero-order chi connectivity index (χ0) is 18.5. The first kappa shape index (κ1) is 17.9. The van der Waals surface area contributed by atoms with Gasteiger partial charge in [0.15, 0.2) is 6.61 Å². The maximum absolute atomic E-state index is 12.2. The molecule has 0 aliphatic heterocycles. The van der Waals surface area contributed by atoms with Gasteiger partial charge in [-0.2, -0.15) is 0 Å². The van der Waals surface area contributed by atoms with Crippen LogP contribution in [-0.2, 0) is 11.3 Å². The van der Waals surface area contributed by atoms with Crippen LogP contribution in [0.1, 0.15) is 37.0 Å². The van der Waals surface area contributed by atoms with Crippen LogP contribution in [-0.4, -0.2) is 23.5 Å². The van der Waals surface area contributed by atoms with Gasteiger partial charge in [0.1, 0.15) is 18.1 Å². The second kappa shape index (κ2) is 7.97. The van der Waals surface area contributed by atoms with Crippen LogP contribution in [0.15, 0.2) is 46.3 Å². The number of ketones is 1. The fourth-order valence-corrected chi connectivity index (χ4v) is 2.95. The van der Waals surface area contributed by atoms with E-state index in [4.69, 9.17) is 14.0 Å². The molecule has 0 saturated heterocycles. The van der Waals surface area contributed by atoms with Crippen molar-refractivity contribution in [3.8, 4) is 5.75 Å². The summed E-state index contributed by atoms with van der Waals surface area (Å²) in [6.07, 6.45) is 0. The number of thiophene rings is 1. The van der Waals surface area contributed by atoms with Gasteiger partial charge in [-0.1, -0.05) is 17.3 Å². The number of hydrogen-bond acceptors (Lipinski definition) is 7. The van der Waals surface area contributed by atoms with E-state index in [-0.39, 0.29) is 19.0 Å². The molecular formula is C19H17NO5S. The number of carbonyl (C=O) groups is 2. The molecule has 7 heteroatoms. The second-order valence-electron chi connectivity index (χ2n) is 5.60. The molecule has 0 N–H and O–H groups in total. The molecule has 0 amide bonds. The van der Waals surface area contributed by atoms with E-state index in [1.807, 2.05) is 13.8 Å². The summed E-state index contributed by atoms with van der Waals surface area (Å²) in [6, 6.07) is 10.1. The summed E-state index contributed by atoms with van der Waals surface area (Å²) in [5.74, 6) is 0.422. The third kappa shape index (κ3) is 4.18. The monoisotopic (exact) mass is 371 g/mol. The number of ether oxygens (including phenoxy) is 2. The van der Waals surface area contributed by atoms with Crippen LogP contribution in [0.2, 0.25) is 0 Å². The van der Waals surface area contributed by atoms with Crippen molar-refractivity contribution in [2.24, 2.45) is 0 Å². The van der Waals surface area contributed by atoms with Gasteiger partial charge >= 0.3 is 5.97 Å². The Kier molecular flexibility index (Phi) is 5.48. The minimum absolute atomic E-state index is 0.223. The quantitative estimate of drug-likeness (QED) is 0.462. The summed E-state index contributed by atoms with van der Waals surface area (Å²) in [5.41, 5.74) is 1.96. The molecule has 0 radical (unpaired) electrons. The van der Waals surface area contributed by atoms with Crippen molar-refractivity contribution in [3.63, 3.8) is 0 Å². The normalized spacial score (nSPS) is 10.5. The lowest BCUT2D eigenvalue weighted by Crippen LogP contribution is -2.13. The number of benzene rings is 1. The van der Waals surface area contributed by atoms with Crippen molar-refractivity contribution in [1.82, 2.24) is 5.16 Å². The number of nitrogens with zero attached hydrogens (tertiary/aromatic N) is 1. The number of hydrogen-bond donors (Lipinski definition) is 0. The Morgan fingerprint density at radius 2 is 2.04 bits per heavy atom. The molecule has 0 aliphatic rings. The second-order valence-corrected chi connectivity index (χ2v) is 6.54. The van der Waals surface area contributed by atoms with E-state index in [9.17, 15) is 9.59 Å². The first-order valence-electron chi connectivity index (χ1n) is 7.93. The van der Waals surface area contributed by atoms with Crippen LogP contribution in [0.25, 0.3) is 0 Å². The molecule has 3 rings (SSSR count). The number of rotatable bonds is 7. The Morgan fingerprint density at radius 1 is 1.19 bits per heavy atom. The minimum Gasteiger partial charge on any atom is -0.489 e. The average Bonchev–Trinajstić information content (AvgIpc) is 3.29. The van der Waals surface area contributed by atoms with Crippen LogP contribution < -0.4 is 4.74 Å². The van der Waals surface area contributed by atoms with Gasteiger partial charge in [0, 0.05) is 0 Å². The number of aryl methyl sites for hydroxylation is 2. The van der Waals surface area contributed by atoms with Gasteiger partial charge in [-0.25, -0.2) is 4.79 Å². The van der Waals surface area contributed by atoms with E-state index in [0.717, 1.165) is 11.3 Å². The van der Waals surface area contributed by atoms with Crippen molar-refractivity contribution < 1.29 is 23.6 Å². The molecule has 0 fully saturated rings. The Balaban J connectivity index is 1.59. The summed E-state index contributed by atoms with van der Waals surface area (Å²) in [6.45, 7) is 3.66. The maximum Gasteiger partial charge on any atom is 0.338 e. The molecule has 6 nitrogen and oxygen atoms in total. The van der Waals surface area contributed by atoms with E-state index in [1.165, 1.54) is 11.3 Å². The summed E-state index contributed by atoms with van der Waals surface area (Å²) < 4.78 is 15.9. The van der Waals surface area contributed by atoms with Gasteiger partial charge in [-0.15, -0.1) is 11.3 Å². The lowest BCUT2D eigenvalue weighted by atomic mass is 10.2. The minimum atomic E-state index is -0.572. The highest BCUT2D eigenvalue weighted by atomic mass is 32.1. The zero-order valence-corrected chi connectivity index (χ0v) is 15.2. The number of carbonyl (C=O) groups excluding carboxylic acids is 2. The number of Topliss-reactive ketones (excluding diaryl/α,β-unsaturated/α-hetero) is 1. The third-order valence-electron chi connectivity index (χ3n) is 3.76. The molecule has 0 bridgehead atoms. The highest BCUT2D eigenvalue weighted by Crippen LogP contribution is 2.19. The highest BCUT2D eigenvalue weighted by molar-refractivity contribution is 7.12. The summed E-state index contributed by atoms with van der Waals surface area (Å²) in [5, 5.41) is 5.68. The number of esters is 1. The van der Waals surface area contributed by atoms with Crippen molar-refractivity contribution in [2.45, 2.75) is 20.5 Å². The van der Waals surface area contributed by atoms with Crippen molar-refractivity contribution in [3.05, 3.63) is 69.2 Å². The molecule has 0 atom stereocenters. The molecule has 26 heavy (non-hydrogen) atoms. The largest absolute Gasteiger partial charge is 0.489 e. The van der Waals surface area contributed by atoms with Gasteiger partial charge in [0.25, 0.3) is 0 Å². The topological polar surface area (TPSA) is 78.6 Å². The van der Waals surface area contributed by atoms with E-state index in [0.29, 0.717) is 22.0 Å². The molecule has 0 unspecified atom stereocenters. The molecule has 1 aromatic carbocycles. The Morgan fingerprint density at radius 3 is 2.73 bits per heavy atom. The van der Waals surface area contributed by atoms with Crippen LogP contribution in [0.3, 0.4) is 0 Å². The van der Waals surface area contributed by atoms with Crippen LogP contribution in [0.5, 0.6) is 5.75 Å². The Labute approximate surface area is 154 Å². The molecule has 0 aliphatic carbocycles. The predicted octanol–water partition coefficient (Wildman–Crippen LogP) is 3.97. The molecular weight excluding hydrogens is 354 g/mol. The molecule has 2 aromatic heterocycles. The van der Waals surface area contributed by atoms with Crippen LogP contribution >= 0.6 is 11.3 Å². The van der Waals surface area contributed by atoms with E-state index in [1.54, 1.807) is 41.8 Å². The standard InChI is InChI=1S/C19H17NO5S/c1-12-16(13(2)25-20-12)10-23-15-6-3-5-14(9-15)19(22)24-11-17(21)18-7-4-8-26-18/h3-9H,10-11H2,1-2H3. The van der Waals surface area contributed by atoms with Gasteiger partial charge in [0.2, 0.25) is 5.78 Å². The maximum atomic E-state index is 12.2. The fraction of sp³-hybridized carbons (Fsp3) is 0.211. The molecule has 2 heterocycles. The molecule has 134 valence electrons. The Hall–Kier alpha value is -2.93. The average molecular weight is 371 g/mol. The van der Waals surface area contributed by atoms with E-state index in [2.05, 4.69) is 5.16 Å². The van der Waals surface area contributed by atoms with Crippen molar-refractivity contribution in [1.29, 1.82) is 0 Å². The lowest BCUT2D eigenvalue weighted by Gasteiger charge is -2.08. The van der Waals surface area contributed by atoms with E-state index >= 15 is 0 Å². The predicted molar refractivity (Wildman–Crippen MR) is 95.7 cm³/mol. The van der Waals surface area contributed by atoms with E-state index < -0.39 is 5.97 Å². The third-order valence-corrected chi connectivity index (χ3v) is 4.68. The molecule has 0 spiro atoms. The smallest absolute Gasteiger partial charge is 0.338 e. The van der Waals surface area contributed by atoms with Crippen molar-refractivity contribution >= 4 is 23.1 Å². The molecule has 0 saturated carbocycles. The van der Waals surface area contributed by atoms with Crippen LogP contribution in [0, 0.1) is 13.8 Å². The summed E-state index contributed by atoms with van der Waals surface area (Å²) in [4.78, 5) is 24.6. The SMILES string of the molecule is Cc1noc(C)c1COc1cccc(C(=O)OCC(=O)c2cccs2)c1. The fourth-order valence-electron chi connectivity index (χ4n) is 2.30. The number of aromatic nitrogens is 1. The summed E-state index contributed by atoms with van der Waals surface area (Å²) >= 11 is 1.31. The van der Waals surface area contributed by atoms with Gasteiger partial charge in [-0.05, 0) is 43.5 Å². The first-order valence-corrected chi connectivity index (χ1v) is 8.81. The van der Waals surface area contributed by atoms with Gasteiger partial charge in [0.05, 0.1) is 21.7 Å². The lowest BCUT2D eigenvalue weighted by molar-refractivity contribution is 0.0475. The Bertz CT molecular complexity index is 894. The first-order chi connectivity index (χ1) is 12.5. The van der Waals surface area contributed by atoms with Gasteiger partial charge in [-0.3, -0.25) is 4.79 Å². The van der Waals surface area contributed by atoms with Crippen LogP contribution in [0.4, 0.5) is 0 Å².